The standard InChI is InChI=1S/C21H27F3N2O2/c22-21(23,24)17-9-5-8-16(14-17)20(10-3-4-11-20)19(28)26-13-12-25-18(27)15-6-1-2-7-15/h5,8-9,14-15H,1-4,6-7,10-13H2,(H,25,27)(H,26,28). The lowest BCUT2D eigenvalue weighted by atomic mass is 9.77. The van der Waals surface area contributed by atoms with Gasteiger partial charge >= 0.3 is 6.18 Å². The third-order valence-corrected chi connectivity index (χ3v) is 6.07. The molecule has 154 valence electrons. The van der Waals surface area contributed by atoms with E-state index in [4.69, 9.17) is 0 Å². The van der Waals surface area contributed by atoms with Gasteiger partial charge in [0.1, 0.15) is 0 Å². The maximum absolute atomic E-state index is 13.1. The highest BCUT2D eigenvalue weighted by atomic mass is 19.4. The molecule has 0 aromatic heterocycles. The van der Waals surface area contributed by atoms with Gasteiger partial charge in [0.2, 0.25) is 11.8 Å². The summed E-state index contributed by atoms with van der Waals surface area (Å²) in [4.78, 5) is 25.0. The number of nitrogens with one attached hydrogen (secondary N) is 2. The van der Waals surface area contributed by atoms with Crippen LogP contribution in [0.15, 0.2) is 24.3 Å². The molecule has 0 bridgehead atoms. The van der Waals surface area contributed by atoms with E-state index < -0.39 is 17.2 Å². The Labute approximate surface area is 163 Å². The van der Waals surface area contributed by atoms with Gasteiger partial charge in [-0.05, 0) is 37.3 Å². The third kappa shape index (κ3) is 4.50. The van der Waals surface area contributed by atoms with Gasteiger partial charge in [0.25, 0.3) is 0 Å². The first-order valence-electron chi connectivity index (χ1n) is 10.1. The summed E-state index contributed by atoms with van der Waals surface area (Å²) >= 11 is 0. The van der Waals surface area contributed by atoms with Gasteiger partial charge in [0, 0.05) is 19.0 Å². The number of carbonyl (C=O) groups is 2. The first kappa shape index (κ1) is 20.7. The van der Waals surface area contributed by atoms with Crippen molar-refractivity contribution >= 4 is 11.8 Å². The summed E-state index contributed by atoms with van der Waals surface area (Å²) in [5, 5.41) is 5.68. The van der Waals surface area contributed by atoms with Crippen LogP contribution >= 0.6 is 0 Å². The minimum Gasteiger partial charge on any atom is -0.354 e. The molecule has 4 nitrogen and oxygen atoms in total. The number of amides is 2. The largest absolute Gasteiger partial charge is 0.416 e. The predicted molar refractivity (Wildman–Crippen MR) is 99.6 cm³/mol. The number of benzene rings is 1. The number of carbonyl (C=O) groups excluding carboxylic acids is 2. The number of hydrogen-bond acceptors (Lipinski definition) is 2. The van der Waals surface area contributed by atoms with Crippen LogP contribution in [0.2, 0.25) is 0 Å². The van der Waals surface area contributed by atoms with Crippen LogP contribution in [0.1, 0.15) is 62.5 Å². The van der Waals surface area contributed by atoms with Crippen molar-refractivity contribution < 1.29 is 22.8 Å². The first-order chi connectivity index (χ1) is 13.3. The Kier molecular flexibility index (Phi) is 6.30. The molecule has 2 fully saturated rings. The predicted octanol–water partition coefficient (Wildman–Crippen LogP) is 3.94. The van der Waals surface area contributed by atoms with E-state index in [0.29, 0.717) is 24.9 Å². The third-order valence-electron chi connectivity index (χ3n) is 6.07. The number of rotatable bonds is 6. The topological polar surface area (TPSA) is 58.2 Å². The maximum Gasteiger partial charge on any atom is 0.416 e. The van der Waals surface area contributed by atoms with E-state index in [1.165, 1.54) is 6.07 Å². The molecule has 0 aliphatic heterocycles. The molecule has 2 aliphatic carbocycles. The number of halogens is 3. The van der Waals surface area contributed by atoms with Crippen molar-refractivity contribution in [2.45, 2.75) is 63.0 Å². The fourth-order valence-corrected chi connectivity index (χ4v) is 4.48. The molecule has 2 aliphatic rings. The van der Waals surface area contributed by atoms with Crippen LogP contribution in [0.5, 0.6) is 0 Å². The molecule has 7 heteroatoms. The fraction of sp³-hybridized carbons (Fsp3) is 0.619. The Morgan fingerprint density at radius 3 is 2.29 bits per heavy atom. The van der Waals surface area contributed by atoms with Crippen molar-refractivity contribution in [3.05, 3.63) is 35.4 Å². The second-order valence-corrected chi connectivity index (χ2v) is 7.90. The summed E-state index contributed by atoms with van der Waals surface area (Å²) < 4.78 is 39.3. The molecule has 2 N–H and O–H groups in total. The van der Waals surface area contributed by atoms with Crippen molar-refractivity contribution in [2.24, 2.45) is 5.92 Å². The van der Waals surface area contributed by atoms with E-state index in [0.717, 1.165) is 50.7 Å². The van der Waals surface area contributed by atoms with E-state index in [2.05, 4.69) is 10.6 Å². The van der Waals surface area contributed by atoms with Gasteiger partial charge < -0.3 is 10.6 Å². The lowest BCUT2D eigenvalue weighted by molar-refractivity contribution is -0.138. The van der Waals surface area contributed by atoms with Crippen molar-refractivity contribution in [1.29, 1.82) is 0 Å². The second-order valence-electron chi connectivity index (χ2n) is 7.90. The summed E-state index contributed by atoms with van der Waals surface area (Å²) in [6.07, 6.45) is 2.24. The maximum atomic E-state index is 13.1. The molecule has 0 heterocycles. The van der Waals surface area contributed by atoms with Gasteiger partial charge in [0.15, 0.2) is 0 Å². The normalized spacial score (nSPS) is 19.5. The Morgan fingerprint density at radius 2 is 1.64 bits per heavy atom. The Balaban J connectivity index is 1.61. The molecule has 3 rings (SSSR count). The average Bonchev–Trinajstić information content (AvgIpc) is 3.37. The van der Waals surface area contributed by atoms with E-state index in [1.54, 1.807) is 6.07 Å². The first-order valence-corrected chi connectivity index (χ1v) is 10.1. The summed E-state index contributed by atoms with van der Waals surface area (Å²) in [5.41, 5.74) is -1.23. The van der Waals surface area contributed by atoms with Crippen LogP contribution in [0, 0.1) is 5.92 Å². The lowest BCUT2D eigenvalue weighted by Gasteiger charge is -2.29. The van der Waals surface area contributed by atoms with Crippen LogP contribution in [0.3, 0.4) is 0 Å². The molecule has 2 amide bonds. The van der Waals surface area contributed by atoms with Crippen LogP contribution in [-0.4, -0.2) is 24.9 Å². The van der Waals surface area contributed by atoms with E-state index in [-0.39, 0.29) is 24.3 Å². The Hall–Kier alpha value is -2.05. The molecule has 28 heavy (non-hydrogen) atoms. The Bertz CT molecular complexity index is 706. The van der Waals surface area contributed by atoms with E-state index in [9.17, 15) is 22.8 Å². The van der Waals surface area contributed by atoms with Crippen molar-refractivity contribution in [3.8, 4) is 0 Å². The van der Waals surface area contributed by atoms with E-state index >= 15 is 0 Å². The summed E-state index contributed by atoms with van der Waals surface area (Å²) in [6.45, 7) is 0.609. The molecular weight excluding hydrogens is 369 g/mol. The molecule has 1 aromatic carbocycles. The molecule has 0 atom stereocenters. The minimum atomic E-state index is -4.43. The number of alkyl halides is 3. The van der Waals surface area contributed by atoms with Crippen molar-refractivity contribution in [3.63, 3.8) is 0 Å². The van der Waals surface area contributed by atoms with Gasteiger partial charge in [-0.25, -0.2) is 0 Å². The van der Waals surface area contributed by atoms with Crippen molar-refractivity contribution in [2.75, 3.05) is 13.1 Å². The van der Waals surface area contributed by atoms with Crippen LogP contribution in [0.25, 0.3) is 0 Å². The Morgan fingerprint density at radius 1 is 1.00 bits per heavy atom. The lowest BCUT2D eigenvalue weighted by Crippen LogP contribution is -2.45. The average molecular weight is 396 g/mol. The molecule has 2 saturated carbocycles. The number of hydrogen-bond donors (Lipinski definition) is 2. The highest BCUT2D eigenvalue weighted by Gasteiger charge is 2.43. The monoisotopic (exact) mass is 396 g/mol. The molecule has 0 unspecified atom stereocenters. The molecule has 0 saturated heterocycles. The van der Waals surface area contributed by atoms with Gasteiger partial charge in [-0.15, -0.1) is 0 Å². The highest BCUT2D eigenvalue weighted by Crippen LogP contribution is 2.43. The second kappa shape index (κ2) is 8.53. The molecule has 1 aromatic rings. The minimum absolute atomic E-state index is 0.0280. The zero-order valence-corrected chi connectivity index (χ0v) is 15.9. The summed E-state index contributed by atoms with van der Waals surface area (Å²) in [5.74, 6) is -0.151. The van der Waals surface area contributed by atoms with Gasteiger partial charge in [-0.2, -0.15) is 13.2 Å². The van der Waals surface area contributed by atoms with Crippen LogP contribution in [-0.2, 0) is 21.2 Å². The highest BCUT2D eigenvalue weighted by molar-refractivity contribution is 5.88. The molecule has 0 radical (unpaired) electrons. The van der Waals surface area contributed by atoms with Crippen LogP contribution < -0.4 is 10.6 Å². The zero-order valence-electron chi connectivity index (χ0n) is 15.9. The smallest absolute Gasteiger partial charge is 0.354 e. The quantitative estimate of drug-likeness (QED) is 0.716. The van der Waals surface area contributed by atoms with Crippen LogP contribution in [0.4, 0.5) is 13.2 Å². The van der Waals surface area contributed by atoms with Gasteiger partial charge in [0.05, 0.1) is 11.0 Å². The van der Waals surface area contributed by atoms with Gasteiger partial charge in [-0.3, -0.25) is 9.59 Å². The summed E-state index contributed by atoms with van der Waals surface area (Å²) in [7, 11) is 0. The zero-order chi connectivity index (χ0) is 20.2. The van der Waals surface area contributed by atoms with E-state index in [1.807, 2.05) is 0 Å². The SMILES string of the molecule is O=C(NCCNC(=O)C1(c2cccc(C(F)(F)F)c2)CCCC1)C1CCCC1. The molecular formula is C21H27F3N2O2. The fourth-order valence-electron chi connectivity index (χ4n) is 4.48. The summed E-state index contributed by atoms with van der Waals surface area (Å²) in [6, 6.07) is 5.12. The van der Waals surface area contributed by atoms with Gasteiger partial charge in [-0.1, -0.05) is 43.9 Å². The van der Waals surface area contributed by atoms with Crippen molar-refractivity contribution in [1.82, 2.24) is 10.6 Å². The molecule has 0 spiro atoms.